The quantitative estimate of drug-likeness (QED) is 0.804. The van der Waals surface area contributed by atoms with Gasteiger partial charge in [-0.3, -0.25) is 4.79 Å². The minimum atomic E-state index is -3.61. The number of hydrogen-bond donors (Lipinski definition) is 2. The number of aliphatic hydroxyl groups excluding tert-OH is 1. The highest BCUT2D eigenvalue weighted by atomic mass is 32.2. The van der Waals surface area contributed by atoms with Crippen molar-refractivity contribution in [3.8, 4) is 11.5 Å². The largest absolute Gasteiger partial charge is 0.481 e. The van der Waals surface area contributed by atoms with Gasteiger partial charge < -0.3 is 19.7 Å². The molecule has 2 aliphatic rings. The molecular weight excluding hydrogens is 312 g/mol. The summed E-state index contributed by atoms with van der Waals surface area (Å²) < 4.78 is 34.9. The molecule has 0 bridgehead atoms. The Kier molecular flexibility index (Phi) is 3.33. The number of aliphatic hydroxyl groups is 1. The van der Waals surface area contributed by atoms with Crippen molar-refractivity contribution in [1.82, 2.24) is 0 Å². The van der Waals surface area contributed by atoms with Crippen molar-refractivity contribution in [3.63, 3.8) is 0 Å². The molecule has 0 unspecified atom stereocenters. The maximum Gasteiger partial charge on any atom is 0.314 e. The third kappa shape index (κ3) is 1.90. The topological polar surface area (TPSA) is 110 Å². The number of fused-ring (bicyclic) bond motifs is 1. The monoisotopic (exact) mass is 328 g/mol. The molecule has 2 N–H and O–H groups in total. The molecule has 1 fully saturated rings. The van der Waals surface area contributed by atoms with Gasteiger partial charge in [-0.05, 0) is 17.7 Å². The van der Waals surface area contributed by atoms with Crippen molar-refractivity contribution >= 4 is 15.8 Å². The molecule has 3 rings (SSSR count). The summed E-state index contributed by atoms with van der Waals surface area (Å²) in [4.78, 5) is 11.6. The molecule has 0 radical (unpaired) electrons. The van der Waals surface area contributed by atoms with E-state index in [2.05, 4.69) is 0 Å². The average Bonchev–Trinajstić information content (AvgIpc) is 3.00. The number of carboxylic acid groups (broad SMARTS) is 1. The number of carboxylic acids is 1. The third-order valence-electron chi connectivity index (χ3n) is 4.46. The van der Waals surface area contributed by atoms with Crippen molar-refractivity contribution < 1.29 is 32.9 Å². The van der Waals surface area contributed by atoms with E-state index in [1.54, 1.807) is 18.2 Å². The van der Waals surface area contributed by atoms with Crippen LogP contribution in [-0.4, -0.2) is 49.0 Å². The predicted molar refractivity (Wildman–Crippen MR) is 75.7 cm³/mol. The first-order chi connectivity index (χ1) is 10.4. The Labute approximate surface area is 127 Å². The van der Waals surface area contributed by atoms with Crippen LogP contribution in [0.1, 0.15) is 18.4 Å². The summed E-state index contributed by atoms with van der Waals surface area (Å²) in [6.45, 7) is 0.809. The lowest BCUT2D eigenvalue weighted by atomic mass is 10.00. The predicted octanol–water partition coefficient (Wildman–Crippen LogP) is 0.379. The van der Waals surface area contributed by atoms with Gasteiger partial charge in [0.25, 0.3) is 0 Å². The number of hydrogen-bond acceptors (Lipinski definition) is 6. The van der Waals surface area contributed by atoms with Crippen LogP contribution in [0.4, 0.5) is 0 Å². The summed E-state index contributed by atoms with van der Waals surface area (Å²) in [5.41, 5.74) is -1.18. The lowest BCUT2D eigenvalue weighted by Crippen LogP contribution is -2.28. The van der Waals surface area contributed by atoms with E-state index in [9.17, 15) is 23.4 Å². The molecule has 0 spiro atoms. The summed E-state index contributed by atoms with van der Waals surface area (Å²) in [6.07, 6.45) is 0. The van der Waals surface area contributed by atoms with Gasteiger partial charge in [-0.1, -0.05) is 13.0 Å². The minimum absolute atomic E-state index is 0.0736. The number of aliphatic carboxylic acids is 1. The van der Waals surface area contributed by atoms with E-state index in [4.69, 9.17) is 9.47 Å². The maximum atomic E-state index is 12.2. The fraction of sp³-hybridized carbons (Fsp3) is 0.500. The number of rotatable bonds is 5. The molecule has 0 saturated heterocycles. The van der Waals surface area contributed by atoms with E-state index in [0.717, 1.165) is 0 Å². The van der Waals surface area contributed by atoms with E-state index in [1.807, 2.05) is 0 Å². The van der Waals surface area contributed by atoms with Gasteiger partial charge in [-0.2, -0.15) is 0 Å². The molecular formula is C14H16O7S. The fourth-order valence-electron chi connectivity index (χ4n) is 3.20. The van der Waals surface area contributed by atoms with Crippen molar-refractivity contribution in [3.05, 3.63) is 23.8 Å². The molecule has 0 aromatic heterocycles. The normalized spacial score (nSPS) is 29.4. The maximum absolute atomic E-state index is 12.2. The van der Waals surface area contributed by atoms with E-state index < -0.39 is 39.0 Å². The first-order valence-electron chi connectivity index (χ1n) is 6.84. The molecule has 1 aromatic carbocycles. The summed E-state index contributed by atoms with van der Waals surface area (Å²) in [6, 6.07) is 4.83. The molecule has 120 valence electrons. The molecule has 3 atom stereocenters. The van der Waals surface area contributed by atoms with Crippen LogP contribution in [0.3, 0.4) is 0 Å². The Bertz CT molecular complexity index is 727. The van der Waals surface area contributed by atoms with Crippen LogP contribution < -0.4 is 9.47 Å². The van der Waals surface area contributed by atoms with Crippen molar-refractivity contribution in [2.24, 2.45) is 5.41 Å². The highest BCUT2D eigenvalue weighted by molar-refractivity contribution is 7.92. The van der Waals surface area contributed by atoms with Crippen LogP contribution in [0, 0.1) is 5.41 Å². The summed E-state index contributed by atoms with van der Waals surface area (Å²) >= 11 is 0. The van der Waals surface area contributed by atoms with Gasteiger partial charge in [0.1, 0.15) is 5.41 Å². The zero-order valence-electron chi connectivity index (χ0n) is 11.9. The van der Waals surface area contributed by atoms with E-state index in [1.165, 1.54) is 6.92 Å². The number of benzene rings is 1. The van der Waals surface area contributed by atoms with E-state index >= 15 is 0 Å². The Balaban J connectivity index is 2.06. The van der Waals surface area contributed by atoms with Gasteiger partial charge in [0, 0.05) is 11.7 Å². The SMILES string of the molecule is CCS(=O)(=O)[C@@H]1[C@H](c2ccc3c(c2)OCO3)[C@]1(CO)C(=O)O. The fourth-order valence-corrected chi connectivity index (χ4v) is 5.26. The molecule has 7 nitrogen and oxygen atoms in total. The number of ether oxygens (including phenoxy) is 2. The van der Waals surface area contributed by atoms with Crippen molar-refractivity contribution in [2.75, 3.05) is 19.2 Å². The van der Waals surface area contributed by atoms with Gasteiger partial charge in [0.15, 0.2) is 21.3 Å². The molecule has 1 aromatic rings. The summed E-state index contributed by atoms with van der Waals surface area (Å²) in [5, 5.41) is 17.9. The first-order valence-corrected chi connectivity index (χ1v) is 8.55. The second-order valence-electron chi connectivity index (χ2n) is 5.47. The second-order valence-corrected chi connectivity index (χ2v) is 7.88. The highest BCUT2D eigenvalue weighted by Gasteiger charge is 2.75. The van der Waals surface area contributed by atoms with Gasteiger partial charge >= 0.3 is 5.97 Å². The second kappa shape index (κ2) is 4.85. The minimum Gasteiger partial charge on any atom is -0.481 e. The number of sulfone groups is 1. The average molecular weight is 328 g/mol. The van der Waals surface area contributed by atoms with E-state index in [-0.39, 0.29) is 12.5 Å². The van der Waals surface area contributed by atoms with Crippen LogP contribution in [0.15, 0.2) is 18.2 Å². The molecule has 8 heteroatoms. The summed E-state index contributed by atoms with van der Waals surface area (Å²) in [5.74, 6) is -1.29. The van der Waals surface area contributed by atoms with Crippen molar-refractivity contribution in [2.45, 2.75) is 18.1 Å². The van der Waals surface area contributed by atoms with Crippen molar-refractivity contribution in [1.29, 1.82) is 0 Å². The Morgan fingerprint density at radius 3 is 2.64 bits per heavy atom. The molecule has 1 heterocycles. The standard InChI is InChI=1S/C14H16O7S/c1-2-22(18,19)12-11(14(12,6-15)13(16)17)8-3-4-9-10(5-8)21-7-20-9/h3-5,11-12,15H,2,6-7H2,1H3,(H,16,17)/t11-,12+,14-/m0/s1. The zero-order chi connectivity index (χ0) is 16.1. The molecule has 1 aliphatic carbocycles. The molecule has 22 heavy (non-hydrogen) atoms. The Hall–Kier alpha value is -1.80. The summed E-state index contributed by atoms with van der Waals surface area (Å²) in [7, 11) is -3.61. The van der Waals surface area contributed by atoms with Crippen LogP contribution in [0.25, 0.3) is 0 Å². The van der Waals surface area contributed by atoms with Gasteiger partial charge in [0.05, 0.1) is 11.9 Å². The molecule has 1 aliphatic heterocycles. The van der Waals surface area contributed by atoms with Crippen LogP contribution in [-0.2, 0) is 14.6 Å². The van der Waals surface area contributed by atoms with Gasteiger partial charge in [-0.15, -0.1) is 0 Å². The lowest BCUT2D eigenvalue weighted by Gasteiger charge is -2.09. The Morgan fingerprint density at radius 1 is 1.36 bits per heavy atom. The zero-order valence-corrected chi connectivity index (χ0v) is 12.7. The van der Waals surface area contributed by atoms with Gasteiger partial charge in [-0.25, -0.2) is 8.42 Å². The van der Waals surface area contributed by atoms with Crippen LogP contribution >= 0.6 is 0 Å². The first kappa shape index (κ1) is 15.1. The van der Waals surface area contributed by atoms with E-state index in [0.29, 0.717) is 17.1 Å². The molecule has 0 amide bonds. The van der Waals surface area contributed by atoms with Crippen LogP contribution in [0.2, 0.25) is 0 Å². The highest BCUT2D eigenvalue weighted by Crippen LogP contribution is 2.63. The Morgan fingerprint density at radius 2 is 2.05 bits per heavy atom. The number of carbonyl (C=O) groups is 1. The van der Waals surface area contributed by atoms with Gasteiger partial charge in [0.2, 0.25) is 6.79 Å². The van der Waals surface area contributed by atoms with Crippen LogP contribution in [0.5, 0.6) is 11.5 Å². The smallest absolute Gasteiger partial charge is 0.314 e. The third-order valence-corrected chi connectivity index (χ3v) is 6.73. The lowest BCUT2D eigenvalue weighted by molar-refractivity contribution is -0.145. The molecule has 1 saturated carbocycles.